The van der Waals surface area contributed by atoms with E-state index in [0.29, 0.717) is 0 Å². The number of hydrogen-bond acceptors (Lipinski definition) is 6. The van der Waals surface area contributed by atoms with Crippen LogP contribution < -0.4 is 32.8 Å². The van der Waals surface area contributed by atoms with E-state index in [2.05, 4.69) is 32.8 Å². The average molecular weight is 214 g/mol. The number of nitrogens with one attached hydrogen (secondary N) is 6. The third kappa shape index (κ3) is 0.873. The maximum atomic E-state index is 3.09. The summed E-state index contributed by atoms with van der Waals surface area (Å²) in [6.45, 7) is 0. The van der Waals surface area contributed by atoms with Crippen molar-refractivity contribution in [3.05, 3.63) is 24.3 Å². The van der Waals surface area contributed by atoms with Gasteiger partial charge in [0.15, 0.2) is 0 Å². The highest BCUT2D eigenvalue weighted by Crippen LogP contribution is 2.41. The Morgan fingerprint density at radius 2 is 0.812 bits per heavy atom. The zero-order valence-corrected chi connectivity index (χ0v) is 8.31. The SMILES string of the molecule is c1cc2c3c(ccc4c3c1NNN4)NNN2. The monoisotopic (exact) mass is 214 g/mol. The van der Waals surface area contributed by atoms with Crippen molar-refractivity contribution in [3.8, 4) is 0 Å². The summed E-state index contributed by atoms with van der Waals surface area (Å²) in [5.41, 5.74) is 22.5. The van der Waals surface area contributed by atoms with E-state index in [1.807, 2.05) is 24.3 Å². The topological polar surface area (TPSA) is 72.2 Å². The third-order valence-electron chi connectivity index (χ3n) is 2.95. The average Bonchev–Trinajstić information content (AvgIpc) is 2.36. The van der Waals surface area contributed by atoms with Gasteiger partial charge in [0.2, 0.25) is 0 Å². The van der Waals surface area contributed by atoms with Gasteiger partial charge < -0.3 is 21.7 Å². The Bertz CT molecular complexity index is 494. The Hall–Kier alpha value is -2.18. The van der Waals surface area contributed by atoms with Gasteiger partial charge in [-0.25, -0.2) is 0 Å². The molecule has 0 fully saturated rings. The second-order valence-electron chi connectivity index (χ2n) is 3.82. The van der Waals surface area contributed by atoms with Gasteiger partial charge in [0.05, 0.1) is 22.7 Å². The Morgan fingerprint density at radius 3 is 1.12 bits per heavy atom. The molecule has 2 aliphatic heterocycles. The maximum absolute atomic E-state index is 3.09. The van der Waals surface area contributed by atoms with Gasteiger partial charge in [-0.3, -0.25) is 0 Å². The van der Waals surface area contributed by atoms with Crippen molar-refractivity contribution in [2.45, 2.75) is 0 Å². The van der Waals surface area contributed by atoms with E-state index in [1.54, 1.807) is 0 Å². The summed E-state index contributed by atoms with van der Waals surface area (Å²) in [6.07, 6.45) is 0. The Balaban J connectivity index is 2.21. The van der Waals surface area contributed by atoms with Crippen LogP contribution in [0.25, 0.3) is 10.8 Å². The van der Waals surface area contributed by atoms with Crippen LogP contribution in [0.5, 0.6) is 0 Å². The lowest BCUT2D eigenvalue weighted by Gasteiger charge is -2.27. The lowest BCUT2D eigenvalue weighted by atomic mass is 10.0. The Labute approximate surface area is 91.3 Å². The van der Waals surface area contributed by atoms with Crippen LogP contribution in [-0.4, -0.2) is 0 Å². The lowest BCUT2D eigenvalue weighted by Crippen LogP contribution is -2.34. The zero-order valence-electron chi connectivity index (χ0n) is 8.31. The predicted octanol–water partition coefficient (Wildman–Crippen LogP) is 1.35. The summed E-state index contributed by atoms with van der Waals surface area (Å²) in [4.78, 5) is 0. The van der Waals surface area contributed by atoms with E-state index < -0.39 is 0 Å². The highest BCUT2D eigenvalue weighted by atomic mass is 15.6. The van der Waals surface area contributed by atoms with Crippen molar-refractivity contribution in [1.29, 1.82) is 0 Å². The molecule has 0 unspecified atom stereocenters. The molecule has 0 bridgehead atoms. The standard InChI is InChI=1S/C10H10N6/c1-2-6-10-8(14-16-12-6)4-3-7-9(10)5(1)11-15-13-7/h1-4,11-16H. The fourth-order valence-corrected chi connectivity index (χ4v) is 2.24. The normalized spacial score (nSPS) is 15.8. The molecule has 80 valence electrons. The van der Waals surface area contributed by atoms with E-state index in [4.69, 9.17) is 0 Å². The second kappa shape index (κ2) is 2.69. The summed E-state index contributed by atoms with van der Waals surface area (Å²) in [5.74, 6) is 0. The van der Waals surface area contributed by atoms with Crippen LogP contribution in [0, 0.1) is 0 Å². The first-order chi connectivity index (χ1) is 7.93. The van der Waals surface area contributed by atoms with Crippen LogP contribution in [0.4, 0.5) is 22.7 Å². The molecule has 0 amide bonds. The number of hydrogen-bond donors (Lipinski definition) is 6. The molecule has 0 spiro atoms. The highest BCUT2D eigenvalue weighted by molar-refractivity contribution is 6.15. The van der Waals surface area contributed by atoms with Crippen LogP contribution >= 0.6 is 0 Å². The molecule has 6 N–H and O–H groups in total. The van der Waals surface area contributed by atoms with Crippen molar-refractivity contribution >= 4 is 33.5 Å². The van der Waals surface area contributed by atoms with Gasteiger partial charge in [0.25, 0.3) is 0 Å². The van der Waals surface area contributed by atoms with Gasteiger partial charge in [0, 0.05) is 10.8 Å². The predicted molar refractivity (Wildman–Crippen MR) is 64.7 cm³/mol. The minimum atomic E-state index is 1.07. The van der Waals surface area contributed by atoms with Crippen LogP contribution in [0.3, 0.4) is 0 Å². The number of anilines is 4. The van der Waals surface area contributed by atoms with Crippen LogP contribution in [0.15, 0.2) is 24.3 Å². The summed E-state index contributed by atoms with van der Waals surface area (Å²) in [7, 11) is 0. The van der Waals surface area contributed by atoms with E-state index in [-0.39, 0.29) is 0 Å². The molecule has 0 saturated carbocycles. The fraction of sp³-hybridized carbons (Fsp3) is 0. The van der Waals surface area contributed by atoms with Crippen molar-refractivity contribution in [2.75, 3.05) is 21.7 Å². The molecule has 2 aliphatic rings. The molecule has 6 nitrogen and oxygen atoms in total. The number of benzene rings is 2. The van der Waals surface area contributed by atoms with Gasteiger partial charge in [-0.05, 0) is 24.3 Å². The van der Waals surface area contributed by atoms with Gasteiger partial charge in [-0.2, -0.15) is 11.1 Å². The fourth-order valence-electron chi connectivity index (χ4n) is 2.24. The first-order valence-corrected chi connectivity index (χ1v) is 5.07. The van der Waals surface area contributed by atoms with Crippen molar-refractivity contribution in [3.63, 3.8) is 0 Å². The first kappa shape index (κ1) is 8.03. The van der Waals surface area contributed by atoms with Crippen molar-refractivity contribution < 1.29 is 0 Å². The molecular weight excluding hydrogens is 204 g/mol. The molecule has 0 saturated heterocycles. The smallest absolute Gasteiger partial charge is 0.0607 e. The summed E-state index contributed by atoms with van der Waals surface area (Å²) >= 11 is 0. The number of rotatable bonds is 0. The minimum Gasteiger partial charge on any atom is -0.303 e. The van der Waals surface area contributed by atoms with E-state index in [0.717, 1.165) is 22.7 Å². The van der Waals surface area contributed by atoms with Crippen LogP contribution in [0.2, 0.25) is 0 Å². The molecule has 0 atom stereocenters. The highest BCUT2D eigenvalue weighted by Gasteiger charge is 2.18. The zero-order chi connectivity index (χ0) is 10.5. The molecule has 0 aliphatic carbocycles. The van der Waals surface area contributed by atoms with Crippen molar-refractivity contribution in [1.82, 2.24) is 11.1 Å². The first-order valence-electron chi connectivity index (χ1n) is 5.07. The molecule has 2 aromatic rings. The molecule has 16 heavy (non-hydrogen) atoms. The van der Waals surface area contributed by atoms with Crippen molar-refractivity contribution in [2.24, 2.45) is 0 Å². The molecule has 4 rings (SSSR count). The Kier molecular flexibility index (Phi) is 1.35. The van der Waals surface area contributed by atoms with Gasteiger partial charge in [0.1, 0.15) is 0 Å². The summed E-state index contributed by atoms with van der Waals surface area (Å²) in [6, 6.07) is 8.16. The van der Waals surface area contributed by atoms with E-state index in [9.17, 15) is 0 Å². The molecule has 6 heteroatoms. The molecule has 2 heterocycles. The second-order valence-corrected chi connectivity index (χ2v) is 3.82. The maximum Gasteiger partial charge on any atom is 0.0607 e. The Morgan fingerprint density at radius 1 is 0.500 bits per heavy atom. The molecular formula is C10H10N6. The largest absolute Gasteiger partial charge is 0.303 e. The van der Waals surface area contributed by atoms with E-state index >= 15 is 0 Å². The number of hydrazine groups is 4. The summed E-state index contributed by atoms with van der Waals surface area (Å²) < 4.78 is 0. The minimum absolute atomic E-state index is 1.07. The molecule has 0 aromatic heterocycles. The van der Waals surface area contributed by atoms with Crippen LogP contribution in [0.1, 0.15) is 0 Å². The van der Waals surface area contributed by atoms with Gasteiger partial charge in [-0.1, -0.05) is 0 Å². The molecule has 2 aromatic carbocycles. The van der Waals surface area contributed by atoms with Crippen LogP contribution in [-0.2, 0) is 0 Å². The quantitative estimate of drug-likeness (QED) is 0.398. The lowest BCUT2D eigenvalue weighted by molar-refractivity contribution is 0.934. The van der Waals surface area contributed by atoms with E-state index in [1.165, 1.54) is 10.8 Å². The molecule has 0 radical (unpaired) electrons. The van der Waals surface area contributed by atoms with Gasteiger partial charge in [-0.15, -0.1) is 0 Å². The third-order valence-corrected chi connectivity index (χ3v) is 2.95. The van der Waals surface area contributed by atoms with Gasteiger partial charge >= 0.3 is 0 Å². The summed E-state index contributed by atoms with van der Waals surface area (Å²) in [5, 5.41) is 2.35.